The molecular weight excluding hydrogens is 306 g/mol. The van der Waals surface area contributed by atoms with Gasteiger partial charge in [-0.1, -0.05) is 23.7 Å². The van der Waals surface area contributed by atoms with Gasteiger partial charge in [-0.15, -0.1) is 0 Å². The minimum Gasteiger partial charge on any atom is -0.387 e. The lowest BCUT2D eigenvalue weighted by atomic mass is 10.1. The highest BCUT2D eigenvalue weighted by molar-refractivity contribution is 7.07. The number of hydrogen-bond acceptors (Lipinski definition) is 3. The van der Waals surface area contributed by atoms with Crippen LogP contribution in [0.4, 0.5) is 0 Å². The topological polar surface area (TPSA) is 49.3 Å². The first-order valence-corrected chi connectivity index (χ1v) is 7.80. The van der Waals surface area contributed by atoms with Crippen molar-refractivity contribution < 1.29 is 9.90 Å². The maximum absolute atomic E-state index is 12.0. The molecule has 0 bridgehead atoms. The molecule has 0 saturated heterocycles. The Kier molecular flexibility index (Phi) is 5.56. The molecule has 0 fully saturated rings. The SMILES string of the molecule is C/C(=C/c1ccc(Cl)cc1)C(=O)NCC(O)c1ccsc1. The molecule has 2 N–H and O–H groups in total. The number of thiophene rings is 1. The van der Waals surface area contributed by atoms with Crippen LogP contribution < -0.4 is 5.32 Å². The van der Waals surface area contributed by atoms with Gasteiger partial charge in [0, 0.05) is 17.1 Å². The molecule has 3 nitrogen and oxygen atoms in total. The van der Waals surface area contributed by atoms with E-state index in [4.69, 9.17) is 11.6 Å². The molecule has 1 amide bonds. The number of halogens is 1. The van der Waals surface area contributed by atoms with Gasteiger partial charge < -0.3 is 10.4 Å². The van der Waals surface area contributed by atoms with E-state index in [0.29, 0.717) is 10.6 Å². The lowest BCUT2D eigenvalue weighted by Crippen LogP contribution is -2.28. The molecule has 0 aliphatic heterocycles. The van der Waals surface area contributed by atoms with Crippen LogP contribution in [0.25, 0.3) is 6.08 Å². The highest BCUT2D eigenvalue weighted by Crippen LogP contribution is 2.16. The summed E-state index contributed by atoms with van der Waals surface area (Å²) in [6, 6.07) is 9.09. The number of aliphatic hydroxyl groups is 1. The van der Waals surface area contributed by atoms with Crippen LogP contribution in [0.1, 0.15) is 24.2 Å². The van der Waals surface area contributed by atoms with Crippen molar-refractivity contribution in [2.45, 2.75) is 13.0 Å². The molecule has 1 unspecified atom stereocenters. The maximum Gasteiger partial charge on any atom is 0.247 e. The molecule has 0 saturated carbocycles. The average molecular weight is 322 g/mol. The first-order valence-electron chi connectivity index (χ1n) is 6.48. The van der Waals surface area contributed by atoms with Gasteiger partial charge in [0.25, 0.3) is 0 Å². The molecule has 21 heavy (non-hydrogen) atoms. The Morgan fingerprint density at radius 1 is 1.38 bits per heavy atom. The summed E-state index contributed by atoms with van der Waals surface area (Å²) in [5.41, 5.74) is 2.31. The van der Waals surface area contributed by atoms with Crippen molar-refractivity contribution in [1.29, 1.82) is 0 Å². The fourth-order valence-electron chi connectivity index (χ4n) is 1.79. The van der Waals surface area contributed by atoms with Crippen LogP contribution in [0.2, 0.25) is 5.02 Å². The van der Waals surface area contributed by atoms with Crippen LogP contribution in [0.5, 0.6) is 0 Å². The highest BCUT2D eigenvalue weighted by Gasteiger charge is 2.10. The molecule has 1 aromatic heterocycles. The molecule has 2 rings (SSSR count). The largest absolute Gasteiger partial charge is 0.387 e. The minimum atomic E-state index is -0.677. The zero-order valence-corrected chi connectivity index (χ0v) is 13.1. The lowest BCUT2D eigenvalue weighted by Gasteiger charge is -2.10. The Bertz CT molecular complexity index is 620. The summed E-state index contributed by atoms with van der Waals surface area (Å²) in [5, 5.41) is 17.1. The zero-order valence-electron chi connectivity index (χ0n) is 11.5. The molecule has 0 aliphatic carbocycles. The van der Waals surface area contributed by atoms with E-state index in [1.165, 1.54) is 11.3 Å². The zero-order chi connectivity index (χ0) is 15.2. The molecule has 5 heteroatoms. The fourth-order valence-corrected chi connectivity index (χ4v) is 2.62. The van der Waals surface area contributed by atoms with Gasteiger partial charge >= 0.3 is 0 Å². The molecule has 0 aliphatic rings. The van der Waals surface area contributed by atoms with Crippen LogP contribution in [0, 0.1) is 0 Å². The average Bonchev–Trinajstić information content (AvgIpc) is 3.01. The van der Waals surface area contributed by atoms with Crippen LogP contribution in [-0.4, -0.2) is 17.6 Å². The van der Waals surface area contributed by atoms with E-state index < -0.39 is 6.10 Å². The van der Waals surface area contributed by atoms with Gasteiger partial charge in [-0.05, 0) is 53.1 Å². The van der Waals surface area contributed by atoms with Crippen molar-refractivity contribution in [3.8, 4) is 0 Å². The third-order valence-corrected chi connectivity index (χ3v) is 3.95. The summed E-state index contributed by atoms with van der Waals surface area (Å²) in [6.45, 7) is 1.93. The second-order valence-electron chi connectivity index (χ2n) is 4.66. The molecule has 2 aromatic rings. The summed E-state index contributed by atoms with van der Waals surface area (Å²) in [5.74, 6) is -0.195. The number of nitrogens with one attached hydrogen (secondary N) is 1. The highest BCUT2D eigenvalue weighted by atomic mass is 35.5. The predicted molar refractivity (Wildman–Crippen MR) is 87.4 cm³/mol. The van der Waals surface area contributed by atoms with Crippen LogP contribution in [0.3, 0.4) is 0 Å². The second-order valence-corrected chi connectivity index (χ2v) is 5.88. The second kappa shape index (κ2) is 7.41. The predicted octanol–water partition coefficient (Wildman–Crippen LogP) is 3.65. The van der Waals surface area contributed by atoms with Crippen molar-refractivity contribution in [2.75, 3.05) is 6.54 Å². The summed E-state index contributed by atoms with van der Waals surface area (Å²) in [4.78, 5) is 12.0. The first kappa shape index (κ1) is 15.8. The number of aliphatic hydroxyl groups excluding tert-OH is 1. The van der Waals surface area contributed by atoms with E-state index in [1.54, 1.807) is 25.1 Å². The number of rotatable bonds is 5. The molecule has 0 spiro atoms. The standard InChI is InChI=1S/C16H16ClNO2S/c1-11(8-12-2-4-14(17)5-3-12)16(20)18-9-15(19)13-6-7-21-10-13/h2-8,10,15,19H,9H2,1H3,(H,18,20)/b11-8-. The van der Waals surface area contributed by atoms with Crippen molar-refractivity contribution >= 4 is 34.9 Å². The Morgan fingerprint density at radius 2 is 2.10 bits per heavy atom. The third-order valence-electron chi connectivity index (χ3n) is 3.00. The quantitative estimate of drug-likeness (QED) is 0.826. The van der Waals surface area contributed by atoms with E-state index in [-0.39, 0.29) is 12.5 Å². The fraction of sp³-hybridized carbons (Fsp3) is 0.188. The number of benzene rings is 1. The number of carbonyl (C=O) groups is 1. The monoisotopic (exact) mass is 321 g/mol. The molecule has 0 radical (unpaired) electrons. The summed E-state index contributed by atoms with van der Waals surface area (Å²) in [7, 11) is 0. The maximum atomic E-state index is 12.0. The van der Waals surface area contributed by atoms with Gasteiger partial charge in [-0.2, -0.15) is 11.3 Å². The van der Waals surface area contributed by atoms with Crippen LogP contribution in [0.15, 0.2) is 46.7 Å². The third kappa shape index (κ3) is 4.70. The van der Waals surface area contributed by atoms with Gasteiger partial charge in [-0.3, -0.25) is 4.79 Å². The van der Waals surface area contributed by atoms with E-state index in [2.05, 4.69) is 5.32 Å². The van der Waals surface area contributed by atoms with E-state index in [0.717, 1.165) is 11.1 Å². The normalized spacial score (nSPS) is 13.0. The van der Waals surface area contributed by atoms with E-state index in [9.17, 15) is 9.90 Å². The van der Waals surface area contributed by atoms with E-state index in [1.807, 2.05) is 29.0 Å². The van der Waals surface area contributed by atoms with Crippen molar-refractivity contribution in [3.63, 3.8) is 0 Å². The van der Waals surface area contributed by atoms with Crippen LogP contribution >= 0.6 is 22.9 Å². The van der Waals surface area contributed by atoms with Crippen molar-refractivity contribution in [3.05, 3.63) is 62.8 Å². The first-order chi connectivity index (χ1) is 10.1. The van der Waals surface area contributed by atoms with Gasteiger partial charge in [0.15, 0.2) is 0 Å². The Balaban J connectivity index is 1.92. The van der Waals surface area contributed by atoms with Gasteiger partial charge in [0.05, 0.1) is 6.10 Å². The number of carbonyl (C=O) groups excluding carboxylic acids is 1. The van der Waals surface area contributed by atoms with Gasteiger partial charge in [0.2, 0.25) is 5.91 Å². The van der Waals surface area contributed by atoms with Gasteiger partial charge in [0.1, 0.15) is 0 Å². The molecule has 1 atom stereocenters. The summed E-state index contributed by atoms with van der Waals surface area (Å²) in [6.07, 6.45) is 1.10. The Labute approximate surface area is 132 Å². The lowest BCUT2D eigenvalue weighted by molar-refractivity contribution is -0.117. The Morgan fingerprint density at radius 3 is 2.71 bits per heavy atom. The summed E-state index contributed by atoms with van der Waals surface area (Å²) >= 11 is 7.33. The molecular formula is C16H16ClNO2S. The van der Waals surface area contributed by atoms with E-state index >= 15 is 0 Å². The Hall–Kier alpha value is -1.62. The van der Waals surface area contributed by atoms with Crippen molar-refractivity contribution in [1.82, 2.24) is 5.32 Å². The minimum absolute atomic E-state index is 0.195. The van der Waals surface area contributed by atoms with Crippen molar-refractivity contribution in [2.24, 2.45) is 0 Å². The molecule has 110 valence electrons. The number of amides is 1. The smallest absolute Gasteiger partial charge is 0.247 e. The molecule has 1 heterocycles. The summed E-state index contributed by atoms with van der Waals surface area (Å²) < 4.78 is 0. The number of hydrogen-bond donors (Lipinski definition) is 2. The van der Waals surface area contributed by atoms with Gasteiger partial charge in [-0.25, -0.2) is 0 Å². The molecule has 1 aromatic carbocycles. The van der Waals surface area contributed by atoms with Crippen LogP contribution in [-0.2, 0) is 4.79 Å².